The molecular weight excluding hydrogens is 420 g/mol. The fourth-order valence-electron chi connectivity index (χ4n) is 4.20. The molecule has 3 rings (SSSR count). The molecule has 0 fully saturated rings. The molecule has 174 valence electrons. The highest BCUT2D eigenvalue weighted by molar-refractivity contribution is 5.85. The first-order valence-corrected chi connectivity index (χ1v) is 11.8. The van der Waals surface area contributed by atoms with Crippen LogP contribution in [0.2, 0.25) is 0 Å². The van der Waals surface area contributed by atoms with Crippen LogP contribution in [-0.2, 0) is 19.3 Å². The number of halogens is 1. The number of nitrogens with one attached hydrogen (secondary N) is 1. The number of aliphatic hydroxyl groups excluding tert-OH is 2. The Labute approximate surface area is 198 Å². The van der Waals surface area contributed by atoms with Gasteiger partial charge in [-0.05, 0) is 30.4 Å². The molecule has 0 saturated carbocycles. The maximum atomic E-state index is 9.55. The molecule has 0 aliphatic rings. The van der Waals surface area contributed by atoms with E-state index < -0.39 is 0 Å². The van der Waals surface area contributed by atoms with E-state index >= 15 is 0 Å². The first kappa shape index (κ1) is 26.1. The third-order valence-electron chi connectivity index (χ3n) is 5.84. The lowest BCUT2D eigenvalue weighted by Crippen LogP contribution is -1.97. The number of benzene rings is 2. The smallest absolute Gasteiger partial charge is 0.107 e. The molecule has 0 radical (unpaired) electrons. The van der Waals surface area contributed by atoms with Crippen molar-refractivity contribution < 1.29 is 10.2 Å². The molecule has 0 amide bonds. The first-order valence-electron chi connectivity index (χ1n) is 11.8. The van der Waals surface area contributed by atoms with E-state index in [1.54, 1.807) is 0 Å². The van der Waals surface area contributed by atoms with E-state index in [0.717, 1.165) is 52.3 Å². The number of H-pyrrole nitrogens is 1. The minimum atomic E-state index is 0. The van der Waals surface area contributed by atoms with Crippen LogP contribution in [0, 0.1) is 0 Å². The van der Waals surface area contributed by atoms with Crippen molar-refractivity contribution in [2.45, 2.75) is 64.7 Å². The molecule has 0 unspecified atom stereocenters. The SMILES string of the molecule is CCCCCCCCc1nc(-c2ccccc2CCO)c(-c2ccccc2CCO)[nH]1.Cl. The summed E-state index contributed by atoms with van der Waals surface area (Å²) < 4.78 is 0. The maximum Gasteiger partial charge on any atom is 0.107 e. The molecule has 0 bridgehead atoms. The van der Waals surface area contributed by atoms with Crippen LogP contribution in [0.3, 0.4) is 0 Å². The van der Waals surface area contributed by atoms with Gasteiger partial charge in [0.05, 0.1) is 11.4 Å². The Morgan fingerprint density at radius 1 is 0.719 bits per heavy atom. The number of nitrogens with zero attached hydrogens (tertiary/aromatic N) is 1. The fourth-order valence-corrected chi connectivity index (χ4v) is 4.20. The summed E-state index contributed by atoms with van der Waals surface area (Å²) in [6.45, 7) is 2.48. The van der Waals surface area contributed by atoms with Crippen molar-refractivity contribution in [1.82, 2.24) is 9.97 Å². The summed E-state index contributed by atoms with van der Waals surface area (Å²) >= 11 is 0. The lowest BCUT2D eigenvalue weighted by molar-refractivity contribution is 0.299. The van der Waals surface area contributed by atoms with Crippen LogP contribution in [0.1, 0.15) is 62.4 Å². The molecular formula is C27H37ClN2O2. The number of aryl methyl sites for hydroxylation is 1. The molecule has 1 aromatic heterocycles. The molecule has 0 aliphatic heterocycles. The predicted octanol–water partition coefficient (Wildman–Crippen LogP) is 6.14. The zero-order valence-corrected chi connectivity index (χ0v) is 20.0. The number of aliphatic hydroxyl groups is 2. The van der Waals surface area contributed by atoms with Crippen LogP contribution >= 0.6 is 12.4 Å². The Morgan fingerprint density at radius 3 is 1.94 bits per heavy atom. The van der Waals surface area contributed by atoms with E-state index in [2.05, 4.69) is 36.2 Å². The highest BCUT2D eigenvalue weighted by Crippen LogP contribution is 2.34. The molecule has 0 aliphatic carbocycles. The molecule has 0 atom stereocenters. The molecule has 4 nitrogen and oxygen atoms in total. The second kappa shape index (κ2) is 14.1. The van der Waals surface area contributed by atoms with E-state index in [0.29, 0.717) is 12.8 Å². The minimum absolute atomic E-state index is 0. The summed E-state index contributed by atoms with van der Waals surface area (Å²) in [5, 5.41) is 19.1. The normalized spacial score (nSPS) is 10.8. The molecule has 5 heteroatoms. The molecule has 2 aromatic carbocycles. The van der Waals surface area contributed by atoms with Gasteiger partial charge in [-0.15, -0.1) is 12.4 Å². The Balaban J connectivity index is 0.00000363. The minimum Gasteiger partial charge on any atom is -0.396 e. The number of aromatic amines is 1. The number of aromatic nitrogens is 2. The summed E-state index contributed by atoms with van der Waals surface area (Å²) in [6.07, 6.45) is 9.70. The quantitative estimate of drug-likeness (QED) is 0.270. The highest BCUT2D eigenvalue weighted by Gasteiger charge is 2.18. The van der Waals surface area contributed by atoms with Crippen LogP contribution in [0.4, 0.5) is 0 Å². The Bertz CT molecular complexity index is 872. The van der Waals surface area contributed by atoms with Crippen LogP contribution in [0.25, 0.3) is 22.5 Å². The summed E-state index contributed by atoms with van der Waals surface area (Å²) in [4.78, 5) is 8.65. The van der Waals surface area contributed by atoms with Gasteiger partial charge in [0.1, 0.15) is 5.82 Å². The van der Waals surface area contributed by atoms with Crippen molar-refractivity contribution in [3.05, 3.63) is 65.5 Å². The van der Waals surface area contributed by atoms with Crippen molar-refractivity contribution in [2.75, 3.05) is 13.2 Å². The monoisotopic (exact) mass is 456 g/mol. The molecule has 1 heterocycles. The van der Waals surface area contributed by atoms with E-state index in [4.69, 9.17) is 4.98 Å². The van der Waals surface area contributed by atoms with Crippen LogP contribution in [-0.4, -0.2) is 33.4 Å². The van der Waals surface area contributed by atoms with Gasteiger partial charge in [0.25, 0.3) is 0 Å². The maximum absolute atomic E-state index is 9.55. The highest BCUT2D eigenvalue weighted by atomic mass is 35.5. The molecule has 0 saturated heterocycles. The lowest BCUT2D eigenvalue weighted by Gasteiger charge is -2.11. The molecule has 3 N–H and O–H groups in total. The van der Waals surface area contributed by atoms with E-state index in [1.165, 1.54) is 32.1 Å². The van der Waals surface area contributed by atoms with Gasteiger partial charge in [0.15, 0.2) is 0 Å². The van der Waals surface area contributed by atoms with Crippen LogP contribution < -0.4 is 0 Å². The van der Waals surface area contributed by atoms with Gasteiger partial charge in [0.2, 0.25) is 0 Å². The number of hydrogen-bond donors (Lipinski definition) is 3. The zero-order chi connectivity index (χ0) is 21.9. The van der Waals surface area contributed by atoms with Crippen LogP contribution in [0.5, 0.6) is 0 Å². The Morgan fingerprint density at radius 2 is 1.28 bits per heavy atom. The van der Waals surface area contributed by atoms with Gasteiger partial charge in [-0.2, -0.15) is 0 Å². The van der Waals surface area contributed by atoms with E-state index in [1.807, 2.05) is 24.3 Å². The summed E-state index contributed by atoms with van der Waals surface area (Å²) in [6, 6.07) is 16.4. The largest absolute Gasteiger partial charge is 0.396 e. The molecule has 0 spiro atoms. The Kier molecular flexibility index (Phi) is 11.5. The second-order valence-corrected chi connectivity index (χ2v) is 8.19. The van der Waals surface area contributed by atoms with Gasteiger partial charge in [-0.3, -0.25) is 0 Å². The number of imidazole rings is 1. The van der Waals surface area contributed by atoms with Gasteiger partial charge >= 0.3 is 0 Å². The first-order chi connectivity index (χ1) is 15.3. The predicted molar refractivity (Wildman–Crippen MR) is 135 cm³/mol. The third-order valence-corrected chi connectivity index (χ3v) is 5.84. The Hall–Kier alpha value is -2.14. The van der Waals surface area contributed by atoms with Crippen LogP contribution in [0.15, 0.2) is 48.5 Å². The van der Waals surface area contributed by atoms with Crippen molar-refractivity contribution in [2.24, 2.45) is 0 Å². The van der Waals surface area contributed by atoms with Crippen molar-refractivity contribution in [1.29, 1.82) is 0 Å². The van der Waals surface area contributed by atoms with Crippen molar-refractivity contribution >= 4 is 12.4 Å². The van der Waals surface area contributed by atoms with Crippen molar-refractivity contribution in [3.63, 3.8) is 0 Å². The standard InChI is InChI=1S/C27H36N2O2.ClH/c1-2-3-4-5-6-7-16-25-28-26(23-14-10-8-12-21(23)17-19-30)27(29-25)24-15-11-9-13-22(24)18-20-31;/h8-15,30-31H,2-7,16-20H2,1H3,(H,28,29);1H. The fraction of sp³-hybridized carbons (Fsp3) is 0.444. The summed E-state index contributed by atoms with van der Waals surface area (Å²) in [7, 11) is 0. The average Bonchev–Trinajstić information content (AvgIpc) is 3.21. The van der Waals surface area contributed by atoms with Gasteiger partial charge in [-0.25, -0.2) is 4.98 Å². The third kappa shape index (κ3) is 6.93. The van der Waals surface area contributed by atoms with Gasteiger partial charge < -0.3 is 15.2 Å². The molecule has 3 aromatic rings. The topological polar surface area (TPSA) is 69.1 Å². The van der Waals surface area contributed by atoms with Gasteiger partial charge in [0, 0.05) is 30.8 Å². The number of unbranched alkanes of at least 4 members (excludes halogenated alkanes) is 5. The number of hydrogen-bond acceptors (Lipinski definition) is 3. The van der Waals surface area contributed by atoms with Crippen molar-refractivity contribution in [3.8, 4) is 22.5 Å². The van der Waals surface area contributed by atoms with E-state index in [9.17, 15) is 10.2 Å². The summed E-state index contributed by atoms with van der Waals surface area (Å²) in [5.41, 5.74) is 6.32. The molecule has 32 heavy (non-hydrogen) atoms. The summed E-state index contributed by atoms with van der Waals surface area (Å²) in [5.74, 6) is 1.01. The zero-order valence-electron chi connectivity index (χ0n) is 19.1. The number of rotatable bonds is 13. The average molecular weight is 457 g/mol. The lowest BCUT2D eigenvalue weighted by atomic mass is 9.95. The second-order valence-electron chi connectivity index (χ2n) is 8.19. The van der Waals surface area contributed by atoms with E-state index in [-0.39, 0.29) is 25.6 Å². The van der Waals surface area contributed by atoms with Gasteiger partial charge in [-0.1, -0.05) is 87.6 Å².